The van der Waals surface area contributed by atoms with Crippen LogP contribution in [-0.2, 0) is 10.2 Å². The molecule has 1 aromatic rings. The SMILES string of the molecule is CCNC(=NCC(C)(C)c1ccc(OC)c(OC)c1)NC1CCN(C(=O)OCC)CC1.I. The Kier molecular flexibility index (Phi) is 11.9. The number of methoxy groups -OCH3 is 2. The number of ether oxygens (including phenoxy) is 3. The first-order valence-corrected chi connectivity index (χ1v) is 11.0. The predicted octanol–water partition coefficient (Wildman–Crippen LogP) is 3.78. The molecule has 1 aliphatic rings. The molecule has 1 aliphatic heterocycles. The van der Waals surface area contributed by atoms with Gasteiger partial charge < -0.3 is 29.7 Å². The maximum atomic E-state index is 11.9. The van der Waals surface area contributed by atoms with Gasteiger partial charge in [-0.1, -0.05) is 19.9 Å². The molecule has 0 radical (unpaired) electrons. The van der Waals surface area contributed by atoms with E-state index in [2.05, 4.69) is 37.5 Å². The summed E-state index contributed by atoms with van der Waals surface area (Å²) in [6.45, 7) is 11.4. The second-order valence-corrected chi connectivity index (χ2v) is 8.25. The Morgan fingerprint density at radius 2 is 1.81 bits per heavy atom. The van der Waals surface area contributed by atoms with E-state index in [1.807, 2.05) is 19.1 Å². The number of guanidine groups is 1. The number of nitrogens with zero attached hydrogens (tertiary/aromatic N) is 2. The Labute approximate surface area is 209 Å². The van der Waals surface area contributed by atoms with Gasteiger partial charge in [0.1, 0.15) is 0 Å². The summed E-state index contributed by atoms with van der Waals surface area (Å²) < 4.78 is 15.9. The summed E-state index contributed by atoms with van der Waals surface area (Å²) in [7, 11) is 3.28. The van der Waals surface area contributed by atoms with E-state index in [0.29, 0.717) is 26.2 Å². The Hall–Kier alpha value is -1.91. The van der Waals surface area contributed by atoms with Gasteiger partial charge in [-0.2, -0.15) is 0 Å². The van der Waals surface area contributed by atoms with E-state index in [0.717, 1.165) is 42.4 Å². The Morgan fingerprint density at radius 1 is 1.16 bits per heavy atom. The number of aliphatic imine (C=N–C) groups is 1. The smallest absolute Gasteiger partial charge is 0.409 e. The van der Waals surface area contributed by atoms with Crippen molar-refractivity contribution in [2.75, 3.05) is 47.0 Å². The quantitative estimate of drug-likeness (QED) is 0.285. The maximum Gasteiger partial charge on any atom is 0.409 e. The van der Waals surface area contributed by atoms with Crippen LogP contribution in [0.1, 0.15) is 46.1 Å². The van der Waals surface area contributed by atoms with Gasteiger partial charge in [0, 0.05) is 31.1 Å². The van der Waals surface area contributed by atoms with Crippen molar-refractivity contribution in [3.8, 4) is 11.5 Å². The van der Waals surface area contributed by atoms with Crippen molar-refractivity contribution in [3.63, 3.8) is 0 Å². The molecule has 0 bridgehead atoms. The van der Waals surface area contributed by atoms with E-state index in [-0.39, 0.29) is 41.5 Å². The summed E-state index contributed by atoms with van der Waals surface area (Å²) in [5, 5.41) is 6.87. The lowest BCUT2D eigenvalue weighted by atomic mass is 9.84. The molecular weight excluding hydrogens is 523 g/mol. The predicted molar refractivity (Wildman–Crippen MR) is 139 cm³/mol. The molecule has 2 N–H and O–H groups in total. The van der Waals surface area contributed by atoms with E-state index in [4.69, 9.17) is 19.2 Å². The highest BCUT2D eigenvalue weighted by atomic mass is 127. The zero-order valence-corrected chi connectivity index (χ0v) is 22.5. The fourth-order valence-electron chi connectivity index (χ4n) is 3.56. The molecule has 1 heterocycles. The van der Waals surface area contributed by atoms with Gasteiger partial charge >= 0.3 is 6.09 Å². The molecule has 0 saturated carbocycles. The van der Waals surface area contributed by atoms with Gasteiger partial charge in [-0.05, 0) is 44.4 Å². The number of likely N-dealkylation sites (tertiary alicyclic amines) is 1. The van der Waals surface area contributed by atoms with E-state index in [1.165, 1.54) is 0 Å². The molecule has 9 heteroatoms. The van der Waals surface area contributed by atoms with Crippen LogP contribution in [0.4, 0.5) is 4.79 Å². The zero-order chi connectivity index (χ0) is 22.9. The molecule has 1 fully saturated rings. The van der Waals surface area contributed by atoms with Crippen molar-refractivity contribution >= 4 is 36.0 Å². The van der Waals surface area contributed by atoms with Crippen LogP contribution >= 0.6 is 24.0 Å². The highest BCUT2D eigenvalue weighted by Gasteiger charge is 2.25. The van der Waals surface area contributed by atoms with Crippen LogP contribution in [0.5, 0.6) is 11.5 Å². The van der Waals surface area contributed by atoms with Crippen LogP contribution in [0.25, 0.3) is 0 Å². The molecule has 0 aromatic heterocycles. The van der Waals surface area contributed by atoms with Crippen LogP contribution in [0.2, 0.25) is 0 Å². The fraction of sp³-hybridized carbons (Fsp3) is 0.652. The number of piperidine rings is 1. The molecule has 0 unspecified atom stereocenters. The summed E-state index contributed by atoms with van der Waals surface area (Å²) in [5.41, 5.74) is 0.947. The molecule has 1 aromatic carbocycles. The monoisotopic (exact) mass is 562 g/mol. The summed E-state index contributed by atoms with van der Waals surface area (Å²) in [4.78, 5) is 18.5. The average Bonchev–Trinajstić information content (AvgIpc) is 2.77. The number of amides is 1. The van der Waals surface area contributed by atoms with Crippen molar-refractivity contribution in [1.29, 1.82) is 0 Å². The molecule has 0 atom stereocenters. The molecule has 1 amide bonds. The second-order valence-electron chi connectivity index (χ2n) is 8.25. The third kappa shape index (κ3) is 7.90. The van der Waals surface area contributed by atoms with Gasteiger partial charge in [0.05, 0.1) is 27.4 Å². The standard InChI is InChI=1S/C23H38N4O4.HI/c1-7-24-21(26-18-11-13-27(14-12-18)22(28)31-8-2)25-16-23(3,4)17-9-10-19(29-5)20(15-17)30-6;/h9-10,15,18H,7-8,11-14,16H2,1-6H3,(H2,24,25,26);1H. The van der Waals surface area contributed by atoms with Gasteiger partial charge in [-0.3, -0.25) is 4.99 Å². The maximum absolute atomic E-state index is 11.9. The molecule has 8 nitrogen and oxygen atoms in total. The highest BCUT2D eigenvalue weighted by molar-refractivity contribution is 14.0. The van der Waals surface area contributed by atoms with Crippen molar-refractivity contribution in [2.45, 2.75) is 52.0 Å². The summed E-state index contributed by atoms with van der Waals surface area (Å²) in [6.07, 6.45) is 1.50. The van der Waals surface area contributed by atoms with Crippen LogP contribution in [0, 0.1) is 0 Å². The largest absolute Gasteiger partial charge is 0.493 e. The van der Waals surface area contributed by atoms with Crippen LogP contribution in [0.3, 0.4) is 0 Å². The summed E-state index contributed by atoms with van der Waals surface area (Å²) in [5.74, 6) is 2.23. The van der Waals surface area contributed by atoms with E-state index in [9.17, 15) is 4.79 Å². The van der Waals surface area contributed by atoms with Crippen LogP contribution < -0.4 is 20.1 Å². The second kappa shape index (κ2) is 13.6. The number of carbonyl (C=O) groups excluding carboxylic acids is 1. The Bertz CT molecular complexity index is 750. The van der Waals surface area contributed by atoms with Gasteiger partial charge in [0.25, 0.3) is 0 Å². The fourth-order valence-corrected chi connectivity index (χ4v) is 3.56. The van der Waals surface area contributed by atoms with Gasteiger partial charge in [0.2, 0.25) is 0 Å². The lowest BCUT2D eigenvalue weighted by molar-refractivity contribution is 0.0963. The number of halogens is 1. The third-order valence-corrected chi connectivity index (χ3v) is 5.50. The van der Waals surface area contributed by atoms with Gasteiger partial charge in [-0.25, -0.2) is 4.79 Å². The molecule has 32 heavy (non-hydrogen) atoms. The summed E-state index contributed by atoms with van der Waals surface area (Å²) in [6, 6.07) is 6.27. The molecule has 0 spiro atoms. The number of hydrogen-bond donors (Lipinski definition) is 2. The minimum absolute atomic E-state index is 0. The number of carbonyl (C=O) groups is 1. The average molecular weight is 562 g/mol. The zero-order valence-electron chi connectivity index (χ0n) is 20.2. The normalized spacial score (nSPS) is 14.9. The van der Waals surface area contributed by atoms with E-state index in [1.54, 1.807) is 19.1 Å². The topological polar surface area (TPSA) is 84.4 Å². The Balaban J connectivity index is 0.00000512. The lowest BCUT2D eigenvalue weighted by Crippen LogP contribution is -2.50. The summed E-state index contributed by atoms with van der Waals surface area (Å²) >= 11 is 0. The first kappa shape index (κ1) is 28.1. The highest BCUT2D eigenvalue weighted by Crippen LogP contribution is 2.33. The first-order chi connectivity index (χ1) is 14.8. The van der Waals surface area contributed by atoms with Crippen LogP contribution in [-0.4, -0.2) is 70.0 Å². The van der Waals surface area contributed by atoms with E-state index < -0.39 is 0 Å². The number of rotatable bonds is 8. The Morgan fingerprint density at radius 3 is 2.38 bits per heavy atom. The minimum Gasteiger partial charge on any atom is -0.493 e. The third-order valence-electron chi connectivity index (χ3n) is 5.50. The molecule has 2 rings (SSSR count). The molecule has 0 aliphatic carbocycles. The molecular formula is C23H39IN4O4. The van der Waals surface area contributed by atoms with Crippen molar-refractivity contribution < 1.29 is 19.0 Å². The van der Waals surface area contributed by atoms with Crippen molar-refractivity contribution in [3.05, 3.63) is 23.8 Å². The lowest BCUT2D eigenvalue weighted by Gasteiger charge is -2.32. The molecule has 1 saturated heterocycles. The van der Waals surface area contributed by atoms with Crippen molar-refractivity contribution in [1.82, 2.24) is 15.5 Å². The molecule has 182 valence electrons. The van der Waals surface area contributed by atoms with Crippen molar-refractivity contribution in [2.24, 2.45) is 4.99 Å². The van der Waals surface area contributed by atoms with Crippen LogP contribution in [0.15, 0.2) is 23.2 Å². The number of benzene rings is 1. The number of nitrogens with one attached hydrogen (secondary N) is 2. The van der Waals surface area contributed by atoms with Gasteiger partial charge in [-0.15, -0.1) is 24.0 Å². The minimum atomic E-state index is -0.224. The number of hydrogen-bond acceptors (Lipinski definition) is 5. The van der Waals surface area contributed by atoms with Gasteiger partial charge in [0.15, 0.2) is 17.5 Å². The first-order valence-electron chi connectivity index (χ1n) is 11.0. The van der Waals surface area contributed by atoms with E-state index >= 15 is 0 Å².